The lowest BCUT2D eigenvalue weighted by molar-refractivity contribution is -0.146. The van der Waals surface area contributed by atoms with Crippen LogP contribution in [0.1, 0.15) is 52.0 Å². The Morgan fingerprint density at radius 3 is 2.60 bits per heavy atom. The van der Waals surface area contributed by atoms with Crippen molar-refractivity contribution in [1.29, 1.82) is 0 Å². The third-order valence-electron chi connectivity index (χ3n) is 4.91. The summed E-state index contributed by atoms with van der Waals surface area (Å²) in [5.74, 6) is -1.15. The molecule has 0 fully saturated rings. The zero-order valence-electron chi connectivity index (χ0n) is 15.2. The van der Waals surface area contributed by atoms with E-state index in [1.165, 1.54) is 0 Å². The molecule has 0 N–H and O–H groups in total. The molecule has 3 rings (SSSR count). The van der Waals surface area contributed by atoms with E-state index >= 15 is 0 Å². The van der Waals surface area contributed by atoms with E-state index in [9.17, 15) is 9.59 Å². The number of hydrogen-bond donors (Lipinski definition) is 0. The van der Waals surface area contributed by atoms with Crippen molar-refractivity contribution >= 4 is 17.5 Å². The summed E-state index contributed by atoms with van der Waals surface area (Å²) in [7, 11) is 0. The number of hydrogen-bond acceptors (Lipinski definition) is 5. The third kappa shape index (κ3) is 3.28. The van der Waals surface area contributed by atoms with Crippen LogP contribution in [0.4, 0.5) is 0 Å². The summed E-state index contributed by atoms with van der Waals surface area (Å²) in [6.45, 7) is 8.11. The van der Waals surface area contributed by atoms with Crippen LogP contribution in [0.15, 0.2) is 40.8 Å². The summed E-state index contributed by atoms with van der Waals surface area (Å²) >= 11 is 0. The predicted octanol–water partition coefficient (Wildman–Crippen LogP) is 3.46. The average Bonchev–Trinajstić information content (AvgIpc) is 2.53. The smallest absolute Gasteiger partial charge is 0.315 e. The molecule has 2 atom stereocenters. The van der Waals surface area contributed by atoms with Crippen LogP contribution < -0.4 is 0 Å². The van der Waals surface area contributed by atoms with Gasteiger partial charge in [-0.3, -0.25) is 19.6 Å². The van der Waals surface area contributed by atoms with Crippen molar-refractivity contribution in [2.45, 2.75) is 46.5 Å². The molecule has 1 aliphatic carbocycles. The Bertz CT molecular complexity index is 762. The molecule has 0 spiro atoms. The van der Waals surface area contributed by atoms with Crippen molar-refractivity contribution < 1.29 is 14.3 Å². The Hall–Kier alpha value is -2.30. The Morgan fingerprint density at radius 2 is 1.96 bits per heavy atom. The van der Waals surface area contributed by atoms with Crippen molar-refractivity contribution in [3.8, 4) is 0 Å². The van der Waals surface area contributed by atoms with E-state index < -0.39 is 5.92 Å². The van der Waals surface area contributed by atoms with Crippen molar-refractivity contribution in [3.63, 3.8) is 0 Å². The van der Waals surface area contributed by atoms with Gasteiger partial charge >= 0.3 is 5.97 Å². The number of rotatable bonds is 3. The maximum absolute atomic E-state index is 13.0. The van der Waals surface area contributed by atoms with Crippen molar-refractivity contribution in [2.24, 2.45) is 16.3 Å². The van der Waals surface area contributed by atoms with Gasteiger partial charge in [-0.1, -0.05) is 13.8 Å². The first-order valence-corrected chi connectivity index (χ1v) is 8.72. The second-order valence-electron chi connectivity index (χ2n) is 7.54. The van der Waals surface area contributed by atoms with E-state index in [1.54, 1.807) is 19.3 Å². The van der Waals surface area contributed by atoms with Gasteiger partial charge in [-0.05, 0) is 43.4 Å². The number of ether oxygens (including phenoxy) is 1. The number of allylic oxidation sites excluding steroid dienone is 2. The first-order valence-electron chi connectivity index (χ1n) is 8.72. The number of esters is 1. The highest BCUT2D eigenvalue weighted by Gasteiger charge is 2.45. The summed E-state index contributed by atoms with van der Waals surface area (Å²) < 4.78 is 5.29. The van der Waals surface area contributed by atoms with Gasteiger partial charge in [-0.2, -0.15) is 0 Å². The molecule has 1 aromatic heterocycles. The van der Waals surface area contributed by atoms with E-state index in [1.807, 2.05) is 19.1 Å². The van der Waals surface area contributed by atoms with E-state index in [0.717, 1.165) is 17.7 Å². The topological polar surface area (TPSA) is 68.6 Å². The molecule has 1 aromatic rings. The SMILES string of the molecule is CCOC(=O)C1C(C)=NC2=C(C(=O)CC(C)(C)C2)[C@@H]1c1ccncc1. The number of nitrogens with zero attached hydrogens (tertiary/aromatic N) is 2. The summed E-state index contributed by atoms with van der Waals surface area (Å²) in [6.07, 6.45) is 4.59. The number of carbonyl (C=O) groups excluding carboxylic acids is 2. The highest BCUT2D eigenvalue weighted by molar-refractivity contribution is 6.09. The molecule has 2 heterocycles. The monoisotopic (exact) mass is 340 g/mol. The molecular weight excluding hydrogens is 316 g/mol. The lowest BCUT2D eigenvalue weighted by atomic mass is 9.67. The number of carbonyl (C=O) groups is 2. The minimum absolute atomic E-state index is 0.0820. The van der Waals surface area contributed by atoms with Crippen LogP contribution in [0.5, 0.6) is 0 Å². The third-order valence-corrected chi connectivity index (χ3v) is 4.91. The molecule has 0 saturated heterocycles. The molecule has 0 saturated carbocycles. The minimum atomic E-state index is -0.564. The lowest BCUT2D eigenvalue weighted by Crippen LogP contribution is -2.39. The summed E-state index contributed by atoms with van der Waals surface area (Å²) in [5, 5.41) is 0. The number of ketones is 1. The number of pyridine rings is 1. The fourth-order valence-corrected chi connectivity index (χ4v) is 3.91. The van der Waals surface area contributed by atoms with Crippen LogP contribution in [0, 0.1) is 11.3 Å². The Balaban J connectivity index is 2.15. The number of aliphatic imine (C=N–C) groups is 1. The molecule has 0 bridgehead atoms. The van der Waals surface area contributed by atoms with Gasteiger partial charge in [-0.15, -0.1) is 0 Å². The molecule has 2 aliphatic rings. The highest BCUT2D eigenvalue weighted by Crippen LogP contribution is 2.47. The zero-order chi connectivity index (χ0) is 18.2. The number of aromatic nitrogens is 1. The summed E-state index contributed by atoms with van der Waals surface area (Å²) in [4.78, 5) is 34.3. The normalized spacial score (nSPS) is 25.3. The molecule has 5 nitrogen and oxygen atoms in total. The molecule has 1 unspecified atom stereocenters. The minimum Gasteiger partial charge on any atom is -0.465 e. The lowest BCUT2D eigenvalue weighted by Gasteiger charge is -2.38. The molecule has 0 amide bonds. The second-order valence-corrected chi connectivity index (χ2v) is 7.54. The second kappa shape index (κ2) is 6.54. The maximum Gasteiger partial charge on any atom is 0.315 e. The van der Waals surface area contributed by atoms with Gasteiger partial charge in [0, 0.05) is 41.7 Å². The standard InChI is InChI=1S/C20H24N2O3/c1-5-25-19(24)16-12(2)22-14-10-20(3,4)11-15(23)18(14)17(16)13-6-8-21-9-7-13/h6-9,16-17H,5,10-11H2,1-4H3/t16?,17-/m1/s1. The van der Waals surface area contributed by atoms with E-state index in [0.29, 0.717) is 24.3 Å². The van der Waals surface area contributed by atoms with Crippen LogP contribution in [-0.4, -0.2) is 29.1 Å². The Morgan fingerprint density at radius 1 is 1.28 bits per heavy atom. The fourth-order valence-electron chi connectivity index (χ4n) is 3.91. The molecule has 5 heteroatoms. The largest absolute Gasteiger partial charge is 0.465 e. The van der Waals surface area contributed by atoms with Gasteiger partial charge in [0.2, 0.25) is 0 Å². The van der Waals surface area contributed by atoms with Crippen molar-refractivity contribution in [3.05, 3.63) is 41.4 Å². The maximum atomic E-state index is 13.0. The summed E-state index contributed by atoms with van der Waals surface area (Å²) in [5.41, 5.74) is 3.00. The highest BCUT2D eigenvalue weighted by atomic mass is 16.5. The quantitative estimate of drug-likeness (QED) is 0.790. The van der Waals surface area contributed by atoms with Gasteiger partial charge in [-0.25, -0.2) is 0 Å². The van der Waals surface area contributed by atoms with Crippen LogP contribution in [0.3, 0.4) is 0 Å². The van der Waals surface area contributed by atoms with Crippen LogP contribution in [-0.2, 0) is 14.3 Å². The predicted molar refractivity (Wildman–Crippen MR) is 95.3 cm³/mol. The molecule has 0 radical (unpaired) electrons. The Kier molecular flexibility index (Phi) is 4.58. The zero-order valence-corrected chi connectivity index (χ0v) is 15.2. The van der Waals surface area contributed by atoms with Crippen LogP contribution >= 0.6 is 0 Å². The molecule has 25 heavy (non-hydrogen) atoms. The number of Topliss-reactive ketones (excluding diaryl/α,β-unsaturated/α-hetero) is 1. The average molecular weight is 340 g/mol. The Labute approximate surface area is 148 Å². The summed E-state index contributed by atoms with van der Waals surface area (Å²) in [6, 6.07) is 3.74. The fraction of sp³-hybridized carbons (Fsp3) is 0.500. The van der Waals surface area contributed by atoms with Gasteiger partial charge < -0.3 is 4.74 Å². The van der Waals surface area contributed by atoms with E-state index in [2.05, 4.69) is 23.8 Å². The first kappa shape index (κ1) is 17.5. The van der Waals surface area contributed by atoms with Crippen molar-refractivity contribution in [1.82, 2.24) is 4.98 Å². The van der Waals surface area contributed by atoms with Crippen LogP contribution in [0.2, 0.25) is 0 Å². The first-order chi connectivity index (χ1) is 11.8. The van der Waals surface area contributed by atoms with E-state index in [-0.39, 0.29) is 23.1 Å². The molecule has 0 aromatic carbocycles. The van der Waals surface area contributed by atoms with Gasteiger partial charge in [0.25, 0.3) is 0 Å². The van der Waals surface area contributed by atoms with Gasteiger partial charge in [0.05, 0.1) is 6.61 Å². The molecule has 1 aliphatic heterocycles. The van der Waals surface area contributed by atoms with Gasteiger partial charge in [0.1, 0.15) is 5.92 Å². The van der Waals surface area contributed by atoms with Crippen LogP contribution in [0.25, 0.3) is 0 Å². The van der Waals surface area contributed by atoms with Crippen molar-refractivity contribution in [2.75, 3.05) is 6.61 Å². The van der Waals surface area contributed by atoms with E-state index in [4.69, 9.17) is 4.74 Å². The molecular formula is C20H24N2O3. The molecule has 132 valence electrons. The van der Waals surface area contributed by atoms with Gasteiger partial charge in [0.15, 0.2) is 5.78 Å².